The first-order valence-corrected chi connectivity index (χ1v) is 6.65. The van der Waals surface area contributed by atoms with Gasteiger partial charge in [-0.15, -0.1) is 0 Å². The molecule has 0 rings (SSSR count). The Morgan fingerprint density at radius 2 is 1.17 bits per heavy atom. The fraction of sp³-hybridized carbons (Fsp3) is 0.150. The molecule has 0 N–H and O–H groups in total. The standard InChI is InChI=1S/C20H8O2S.13H2/c1-2-3-4-5-6-7-8-9-10-11-12-13-14-15-16-17-20(21)22-18-19-23;;;;;;;;;;;;;/h23H,18-19H2,1H3;13*1H. The summed E-state index contributed by atoms with van der Waals surface area (Å²) < 4.78 is 4.65. The molecule has 0 aliphatic rings. The van der Waals surface area contributed by atoms with Crippen molar-refractivity contribution in [3.8, 4) is 94.7 Å². The Labute approximate surface area is 161 Å². The van der Waals surface area contributed by atoms with Crippen molar-refractivity contribution in [2.45, 2.75) is 6.92 Å². The molecule has 0 aromatic rings. The largest absolute Gasteiger partial charge is 0.455 e. The number of carbonyl (C=O) groups excluding carboxylic acids is 1. The second-order valence-corrected chi connectivity index (χ2v) is 3.43. The van der Waals surface area contributed by atoms with Gasteiger partial charge in [-0.1, -0.05) is 5.92 Å². The van der Waals surface area contributed by atoms with Crippen LogP contribution < -0.4 is 0 Å². The molecule has 0 saturated heterocycles. The summed E-state index contributed by atoms with van der Waals surface area (Å²) in [6, 6.07) is 0. The average Bonchev–Trinajstić information content (AvgIpc) is 2.56. The molecule has 132 valence electrons. The first-order valence-electron chi connectivity index (χ1n) is 6.01. The van der Waals surface area contributed by atoms with Crippen molar-refractivity contribution in [1.29, 1.82) is 0 Å². The van der Waals surface area contributed by atoms with Crippen LogP contribution in [0.1, 0.15) is 25.5 Å². The molecule has 0 aliphatic carbocycles. The molecule has 0 unspecified atom stereocenters. The molecular formula is C20H34O2S. The van der Waals surface area contributed by atoms with Gasteiger partial charge in [0, 0.05) is 30.2 Å². The molecule has 0 aliphatic heterocycles. The van der Waals surface area contributed by atoms with E-state index in [1.165, 1.54) is 0 Å². The van der Waals surface area contributed by atoms with E-state index in [1.54, 1.807) is 6.92 Å². The van der Waals surface area contributed by atoms with E-state index in [9.17, 15) is 4.79 Å². The lowest BCUT2D eigenvalue weighted by molar-refractivity contribution is -0.136. The van der Waals surface area contributed by atoms with Gasteiger partial charge >= 0.3 is 5.97 Å². The molecule has 23 heavy (non-hydrogen) atoms. The van der Waals surface area contributed by atoms with Crippen LogP contribution in [-0.2, 0) is 9.53 Å². The van der Waals surface area contributed by atoms with Gasteiger partial charge in [0.15, 0.2) is 0 Å². The predicted octanol–water partition coefficient (Wildman–Crippen LogP) is 3.70. The molecule has 0 radical (unpaired) electrons. The topological polar surface area (TPSA) is 26.3 Å². The van der Waals surface area contributed by atoms with Crippen molar-refractivity contribution in [2.75, 3.05) is 12.4 Å². The molecule has 0 spiro atoms. The highest BCUT2D eigenvalue weighted by Crippen LogP contribution is 1.78. The summed E-state index contributed by atoms with van der Waals surface area (Å²) in [6.45, 7) is 1.90. The second kappa shape index (κ2) is 16.4. The van der Waals surface area contributed by atoms with Gasteiger partial charge in [-0.3, -0.25) is 0 Å². The van der Waals surface area contributed by atoms with Crippen LogP contribution in [0.25, 0.3) is 0 Å². The van der Waals surface area contributed by atoms with E-state index in [-0.39, 0.29) is 25.2 Å². The number of hydrogen-bond donors (Lipinski definition) is 1. The zero-order valence-electron chi connectivity index (χ0n) is 12.2. The van der Waals surface area contributed by atoms with Gasteiger partial charge < -0.3 is 4.74 Å². The Bertz CT molecular complexity index is 959. The third kappa shape index (κ3) is 16.2. The van der Waals surface area contributed by atoms with Gasteiger partial charge in [0.25, 0.3) is 0 Å². The minimum absolute atomic E-state index is 0. The summed E-state index contributed by atoms with van der Waals surface area (Å²) in [6.07, 6.45) is 0. The Balaban J connectivity index is -0.0000000310. The van der Waals surface area contributed by atoms with E-state index in [1.807, 2.05) is 0 Å². The number of hydrogen-bond acceptors (Lipinski definition) is 3. The number of thiol groups is 1. The third-order valence-corrected chi connectivity index (χ3v) is 1.61. The number of rotatable bonds is 2. The normalized spacial score (nSPS) is 5.30. The molecular weight excluding hydrogens is 304 g/mol. The van der Waals surface area contributed by atoms with Crippen molar-refractivity contribution < 1.29 is 28.1 Å². The Morgan fingerprint density at radius 3 is 1.57 bits per heavy atom. The number of carbonyl (C=O) groups is 1. The van der Waals surface area contributed by atoms with Gasteiger partial charge in [0.1, 0.15) is 6.61 Å². The van der Waals surface area contributed by atoms with Gasteiger partial charge in [0.05, 0.1) is 0 Å². The highest BCUT2D eigenvalue weighted by atomic mass is 32.1. The zero-order chi connectivity index (χ0) is 17.0. The zero-order valence-corrected chi connectivity index (χ0v) is 13.1. The maximum Gasteiger partial charge on any atom is 0.385 e. The third-order valence-electron chi connectivity index (χ3n) is 1.43. The van der Waals surface area contributed by atoms with E-state index in [2.05, 4.69) is 112 Å². The molecule has 3 heteroatoms. The van der Waals surface area contributed by atoms with Gasteiger partial charge in [-0.05, 0) is 89.8 Å². The van der Waals surface area contributed by atoms with Crippen LogP contribution in [0.2, 0.25) is 0 Å². The molecule has 0 aromatic heterocycles. The summed E-state index contributed by atoms with van der Waals surface area (Å²) in [5.41, 5.74) is 0. The Hall–Kier alpha value is -3.70. The van der Waals surface area contributed by atoms with E-state index in [4.69, 9.17) is 0 Å². The fourth-order valence-electron chi connectivity index (χ4n) is 0.694. The first-order chi connectivity index (χ1) is 11.3. The summed E-state index contributed by atoms with van der Waals surface area (Å²) >= 11 is 3.88. The van der Waals surface area contributed by atoms with Crippen LogP contribution in [0.4, 0.5) is 0 Å². The molecule has 0 fully saturated rings. The van der Waals surface area contributed by atoms with Crippen molar-refractivity contribution in [3.05, 3.63) is 0 Å². The van der Waals surface area contributed by atoms with E-state index < -0.39 is 5.97 Å². The molecule has 0 saturated carbocycles. The van der Waals surface area contributed by atoms with Crippen LogP contribution in [0.5, 0.6) is 0 Å². The lowest BCUT2D eigenvalue weighted by atomic mass is 10.5. The number of ether oxygens (including phenoxy) is 1. The van der Waals surface area contributed by atoms with Gasteiger partial charge in [-0.2, -0.15) is 12.6 Å². The smallest absolute Gasteiger partial charge is 0.385 e. The predicted molar refractivity (Wildman–Crippen MR) is 120 cm³/mol. The maximum absolute atomic E-state index is 10.9. The molecule has 0 atom stereocenters. The van der Waals surface area contributed by atoms with Gasteiger partial charge in [0.2, 0.25) is 0 Å². The monoisotopic (exact) mass is 338 g/mol. The van der Waals surface area contributed by atoms with Crippen LogP contribution >= 0.6 is 12.6 Å². The minimum atomic E-state index is -0.649. The Morgan fingerprint density at radius 1 is 0.783 bits per heavy atom. The fourth-order valence-corrected chi connectivity index (χ4v) is 0.785. The molecule has 0 bridgehead atoms. The van der Waals surface area contributed by atoms with E-state index in [0.29, 0.717) is 5.75 Å². The first kappa shape index (κ1) is 19.3. The Kier molecular flexibility index (Phi) is 13.7. The highest BCUT2D eigenvalue weighted by molar-refractivity contribution is 7.80. The summed E-state index contributed by atoms with van der Waals surface area (Å²) in [5.74, 6) is 39.0. The second-order valence-electron chi connectivity index (χ2n) is 2.98. The average molecular weight is 339 g/mol. The summed E-state index contributed by atoms with van der Waals surface area (Å²) in [4.78, 5) is 10.9. The van der Waals surface area contributed by atoms with Crippen molar-refractivity contribution in [2.24, 2.45) is 0 Å². The van der Waals surface area contributed by atoms with Crippen molar-refractivity contribution in [3.63, 3.8) is 0 Å². The molecule has 0 heterocycles. The minimum Gasteiger partial charge on any atom is -0.455 e. The summed E-state index contributed by atoms with van der Waals surface area (Å²) in [5, 5.41) is 0. The van der Waals surface area contributed by atoms with E-state index >= 15 is 0 Å². The van der Waals surface area contributed by atoms with Crippen molar-refractivity contribution in [1.82, 2.24) is 0 Å². The van der Waals surface area contributed by atoms with Crippen LogP contribution in [0.3, 0.4) is 0 Å². The lowest BCUT2D eigenvalue weighted by Gasteiger charge is -1.92. The lowest BCUT2D eigenvalue weighted by Crippen LogP contribution is -2.03. The molecule has 2 nitrogen and oxygen atoms in total. The van der Waals surface area contributed by atoms with Gasteiger partial charge in [-0.25, -0.2) is 4.79 Å². The van der Waals surface area contributed by atoms with Crippen LogP contribution in [-0.4, -0.2) is 18.3 Å². The molecule has 0 amide bonds. The van der Waals surface area contributed by atoms with Crippen molar-refractivity contribution >= 4 is 18.6 Å². The highest BCUT2D eigenvalue weighted by Gasteiger charge is 1.92. The van der Waals surface area contributed by atoms with Crippen LogP contribution in [0, 0.1) is 94.7 Å². The van der Waals surface area contributed by atoms with E-state index in [0.717, 1.165) is 0 Å². The SMILES string of the molecule is CC#CC#CC#CC#CC#CC#CC#CC#CC(=O)OCCS.[HH].[HH].[HH].[HH].[HH].[HH].[HH].[HH].[HH].[HH].[HH].[HH].[HH]. The van der Waals surface area contributed by atoms with Crippen LogP contribution in [0.15, 0.2) is 0 Å². The molecule has 0 aromatic carbocycles. The quantitative estimate of drug-likeness (QED) is 0.360. The maximum atomic E-state index is 10.9. The number of esters is 1. The summed E-state index contributed by atoms with van der Waals surface area (Å²) in [7, 11) is 0.